The lowest BCUT2D eigenvalue weighted by atomic mass is 10.3. The lowest BCUT2D eigenvalue weighted by molar-refractivity contribution is 0.340. The highest BCUT2D eigenvalue weighted by Gasteiger charge is 2.04. The van der Waals surface area contributed by atoms with Crippen molar-refractivity contribution in [3.8, 4) is 5.75 Å². The van der Waals surface area contributed by atoms with Crippen molar-refractivity contribution in [2.75, 3.05) is 11.9 Å². The molecule has 0 aliphatic heterocycles. The molecule has 0 aliphatic carbocycles. The summed E-state index contributed by atoms with van der Waals surface area (Å²) in [6.45, 7) is 3.07. The number of hydrogen-bond acceptors (Lipinski definition) is 5. The quantitative estimate of drug-likeness (QED) is 0.760. The number of hydrogen-bond donors (Lipinski definition) is 2. The zero-order chi connectivity index (χ0) is 14.7. The third kappa shape index (κ3) is 3.05. The summed E-state index contributed by atoms with van der Waals surface area (Å²) in [6.07, 6.45) is 0. The van der Waals surface area contributed by atoms with Crippen LogP contribution in [-0.2, 0) is 6.54 Å². The molecule has 6 heteroatoms. The molecule has 3 aromatic rings. The third-order valence-electron chi connectivity index (χ3n) is 2.99. The standard InChI is InChI=1S/C15H15N3O2S/c1-2-20-11-5-3-10(4-6-11)16-9-13-17-12-7-8-21-14(12)15(19)18-13/h3-8,16H,2,9H2,1H3,(H,17,18,19). The Morgan fingerprint density at radius 2 is 2.10 bits per heavy atom. The topological polar surface area (TPSA) is 67.0 Å². The molecule has 21 heavy (non-hydrogen) atoms. The van der Waals surface area contributed by atoms with Crippen LogP contribution in [-0.4, -0.2) is 16.6 Å². The molecule has 3 rings (SSSR count). The van der Waals surface area contributed by atoms with Gasteiger partial charge in [0.2, 0.25) is 0 Å². The number of aromatic nitrogens is 2. The molecule has 0 radical (unpaired) electrons. The normalized spacial score (nSPS) is 10.7. The van der Waals surface area contributed by atoms with Crippen molar-refractivity contribution in [1.29, 1.82) is 0 Å². The minimum atomic E-state index is -0.0847. The van der Waals surface area contributed by atoms with Gasteiger partial charge in [-0.25, -0.2) is 4.98 Å². The van der Waals surface area contributed by atoms with E-state index in [2.05, 4.69) is 15.3 Å². The second-order valence-corrected chi connectivity index (χ2v) is 5.37. The largest absolute Gasteiger partial charge is 0.494 e. The van der Waals surface area contributed by atoms with Gasteiger partial charge >= 0.3 is 0 Å². The van der Waals surface area contributed by atoms with Gasteiger partial charge in [0, 0.05) is 5.69 Å². The number of anilines is 1. The van der Waals surface area contributed by atoms with Gasteiger partial charge in [-0.05, 0) is 42.6 Å². The van der Waals surface area contributed by atoms with Crippen molar-refractivity contribution in [3.05, 3.63) is 51.9 Å². The number of ether oxygens (including phenoxy) is 1. The molecule has 5 nitrogen and oxygen atoms in total. The van der Waals surface area contributed by atoms with Crippen LogP contribution in [0.2, 0.25) is 0 Å². The molecule has 108 valence electrons. The van der Waals surface area contributed by atoms with Crippen LogP contribution in [0.4, 0.5) is 5.69 Å². The third-order valence-corrected chi connectivity index (χ3v) is 3.89. The monoisotopic (exact) mass is 301 g/mol. The van der Waals surface area contributed by atoms with E-state index in [9.17, 15) is 4.79 Å². The zero-order valence-corrected chi connectivity index (χ0v) is 12.4. The predicted octanol–water partition coefficient (Wildman–Crippen LogP) is 3.00. The van der Waals surface area contributed by atoms with E-state index >= 15 is 0 Å². The maximum atomic E-state index is 11.9. The lowest BCUT2D eigenvalue weighted by Crippen LogP contribution is -2.13. The Kier molecular flexibility index (Phi) is 3.87. The maximum absolute atomic E-state index is 11.9. The van der Waals surface area contributed by atoms with Gasteiger partial charge in [0.15, 0.2) is 0 Å². The fourth-order valence-electron chi connectivity index (χ4n) is 2.03. The average Bonchev–Trinajstić information content (AvgIpc) is 2.96. The highest BCUT2D eigenvalue weighted by Crippen LogP contribution is 2.17. The Morgan fingerprint density at radius 1 is 1.29 bits per heavy atom. The molecule has 0 spiro atoms. The summed E-state index contributed by atoms with van der Waals surface area (Å²) in [5, 5.41) is 5.10. The molecule has 2 N–H and O–H groups in total. The Morgan fingerprint density at radius 3 is 2.86 bits per heavy atom. The average molecular weight is 301 g/mol. The van der Waals surface area contributed by atoms with E-state index in [4.69, 9.17) is 4.74 Å². The van der Waals surface area contributed by atoms with E-state index in [0.717, 1.165) is 17.0 Å². The lowest BCUT2D eigenvalue weighted by Gasteiger charge is -2.07. The fourth-order valence-corrected chi connectivity index (χ4v) is 2.75. The Hall–Kier alpha value is -2.34. The van der Waals surface area contributed by atoms with Crippen molar-refractivity contribution < 1.29 is 4.74 Å². The van der Waals surface area contributed by atoms with Crippen LogP contribution in [0.3, 0.4) is 0 Å². The number of nitrogens with zero attached hydrogens (tertiary/aromatic N) is 1. The van der Waals surface area contributed by atoms with Crippen LogP contribution in [0.25, 0.3) is 10.2 Å². The first-order valence-corrected chi connectivity index (χ1v) is 7.57. The summed E-state index contributed by atoms with van der Waals surface area (Å²) < 4.78 is 6.06. The summed E-state index contributed by atoms with van der Waals surface area (Å²) in [7, 11) is 0. The van der Waals surface area contributed by atoms with Crippen LogP contribution in [0.5, 0.6) is 5.75 Å². The Balaban J connectivity index is 1.72. The number of thiophene rings is 1. The zero-order valence-electron chi connectivity index (χ0n) is 11.6. The van der Waals surface area contributed by atoms with Crippen molar-refractivity contribution in [2.24, 2.45) is 0 Å². The number of nitrogens with one attached hydrogen (secondary N) is 2. The van der Waals surface area contributed by atoms with Gasteiger partial charge < -0.3 is 15.0 Å². The number of fused-ring (bicyclic) bond motifs is 1. The molecule has 2 aromatic heterocycles. The summed E-state index contributed by atoms with van der Waals surface area (Å²) in [6, 6.07) is 9.54. The van der Waals surface area contributed by atoms with Gasteiger partial charge in [-0.3, -0.25) is 4.79 Å². The molecular weight excluding hydrogens is 286 g/mol. The summed E-state index contributed by atoms with van der Waals surface area (Å²) in [5.74, 6) is 1.47. The Labute approximate surface area is 125 Å². The summed E-state index contributed by atoms with van der Waals surface area (Å²) >= 11 is 1.40. The van der Waals surface area contributed by atoms with Crippen molar-refractivity contribution in [3.63, 3.8) is 0 Å². The molecule has 0 bridgehead atoms. The highest BCUT2D eigenvalue weighted by molar-refractivity contribution is 7.17. The van der Waals surface area contributed by atoms with Crippen LogP contribution < -0.4 is 15.6 Å². The van der Waals surface area contributed by atoms with E-state index in [0.29, 0.717) is 23.7 Å². The molecule has 0 saturated carbocycles. The predicted molar refractivity (Wildman–Crippen MR) is 85.2 cm³/mol. The van der Waals surface area contributed by atoms with Crippen molar-refractivity contribution in [1.82, 2.24) is 9.97 Å². The van der Waals surface area contributed by atoms with Gasteiger partial charge in [-0.1, -0.05) is 0 Å². The second kappa shape index (κ2) is 5.97. The molecule has 0 fully saturated rings. The molecule has 1 aromatic carbocycles. The van der Waals surface area contributed by atoms with Crippen molar-refractivity contribution in [2.45, 2.75) is 13.5 Å². The molecule has 0 aliphatic rings. The first kappa shape index (κ1) is 13.6. The van der Waals surface area contributed by atoms with E-state index in [1.54, 1.807) is 0 Å². The number of benzene rings is 1. The fraction of sp³-hybridized carbons (Fsp3) is 0.200. The molecular formula is C15H15N3O2S. The first-order valence-electron chi connectivity index (χ1n) is 6.69. The van der Waals surface area contributed by atoms with E-state index in [1.807, 2.05) is 42.6 Å². The van der Waals surface area contributed by atoms with E-state index in [-0.39, 0.29) is 5.56 Å². The Bertz CT molecular complexity index is 793. The minimum Gasteiger partial charge on any atom is -0.494 e. The smallest absolute Gasteiger partial charge is 0.268 e. The molecule has 0 atom stereocenters. The first-order chi connectivity index (χ1) is 10.3. The number of rotatable bonds is 5. The molecule has 0 amide bonds. The summed E-state index contributed by atoms with van der Waals surface area (Å²) in [4.78, 5) is 19.1. The van der Waals surface area contributed by atoms with Gasteiger partial charge in [-0.2, -0.15) is 0 Å². The van der Waals surface area contributed by atoms with E-state index in [1.165, 1.54) is 11.3 Å². The van der Waals surface area contributed by atoms with Crippen LogP contribution >= 0.6 is 11.3 Å². The highest BCUT2D eigenvalue weighted by atomic mass is 32.1. The van der Waals surface area contributed by atoms with Crippen LogP contribution in [0, 0.1) is 0 Å². The van der Waals surface area contributed by atoms with Crippen LogP contribution in [0.15, 0.2) is 40.5 Å². The summed E-state index contributed by atoms with van der Waals surface area (Å²) in [5.41, 5.74) is 1.61. The molecule has 0 unspecified atom stereocenters. The number of H-pyrrole nitrogens is 1. The minimum absolute atomic E-state index is 0.0847. The van der Waals surface area contributed by atoms with Gasteiger partial charge in [0.25, 0.3) is 5.56 Å². The SMILES string of the molecule is CCOc1ccc(NCc2nc3ccsc3c(=O)[nH]2)cc1. The molecule has 2 heterocycles. The maximum Gasteiger partial charge on any atom is 0.268 e. The van der Waals surface area contributed by atoms with Gasteiger partial charge in [0.1, 0.15) is 16.3 Å². The van der Waals surface area contributed by atoms with Gasteiger partial charge in [0.05, 0.1) is 18.7 Å². The number of aromatic amines is 1. The van der Waals surface area contributed by atoms with E-state index < -0.39 is 0 Å². The van der Waals surface area contributed by atoms with Crippen molar-refractivity contribution >= 4 is 27.2 Å². The molecule has 0 saturated heterocycles. The van der Waals surface area contributed by atoms with Crippen LogP contribution in [0.1, 0.15) is 12.7 Å². The second-order valence-electron chi connectivity index (χ2n) is 4.46. The van der Waals surface area contributed by atoms with Gasteiger partial charge in [-0.15, -0.1) is 11.3 Å².